The summed E-state index contributed by atoms with van der Waals surface area (Å²) in [6, 6.07) is 14.6. The number of carboxylic acid groups (broad SMARTS) is 1. The molecule has 5 nitrogen and oxygen atoms in total. The van der Waals surface area contributed by atoms with Crippen molar-refractivity contribution in [2.75, 3.05) is 6.61 Å². The summed E-state index contributed by atoms with van der Waals surface area (Å²) in [4.78, 5) is 23.1. The number of benzene rings is 2. The van der Waals surface area contributed by atoms with E-state index in [9.17, 15) is 9.59 Å². The lowest BCUT2D eigenvalue weighted by molar-refractivity contribution is -0.139. The van der Waals surface area contributed by atoms with E-state index in [1.807, 2.05) is 30.3 Å². The molecule has 1 aliphatic rings. The number of amides is 1. The minimum absolute atomic E-state index is 0.0881. The number of nitrogens with one attached hydrogen (secondary N) is 1. The second-order valence-electron chi connectivity index (χ2n) is 5.79. The maximum absolute atomic E-state index is 12.4. The zero-order valence-electron chi connectivity index (χ0n) is 13.2. The summed E-state index contributed by atoms with van der Waals surface area (Å²) < 4.78 is 5.39. The van der Waals surface area contributed by atoms with E-state index >= 15 is 0 Å². The van der Waals surface area contributed by atoms with Crippen LogP contribution in [0.15, 0.2) is 48.5 Å². The van der Waals surface area contributed by atoms with Crippen LogP contribution in [0.2, 0.25) is 0 Å². The zero-order valence-corrected chi connectivity index (χ0v) is 13.2. The van der Waals surface area contributed by atoms with Gasteiger partial charge in [-0.1, -0.05) is 30.3 Å². The summed E-state index contributed by atoms with van der Waals surface area (Å²) in [5, 5.41) is 11.9. The largest absolute Gasteiger partial charge is 0.482 e. The van der Waals surface area contributed by atoms with Crippen LogP contribution in [0.1, 0.15) is 40.4 Å². The van der Waals surface area contributed by atoms with Gasteiger partial charge in [-0.25, -0.2) is 4.79 Å². The predicted octanol–water partition coefficient (Wildman–Crippen LogP) is 2.96. The van der Waals surface area contributed by atoms with E-state index in [1.165, 1.54) is 0 Å². The lowest BCUT2D eigenvalue weighted by atomic mass is 9.87. The molecule has 0 fully saturated rings. The fourth-order valence-corrected chi connectivity index (χ4v) is 3.07. The summed E-state index contributed by atoms with van der Waals surface area (Å²) in [5.74, 6) is -0.517. The molecule has 0 heterocycles. The van der Waals surface area contributed by atoms with Crippen molar-refractivity contribution < 1.29 is 19.4 Å². The van der Waals surface area contributed by atoms with Gasteiger partial charge in [-0.2, -0.15) is 0 Å². The number of hydrogen-bond acceptors (Lipinski definition) is 3. The Morgan fingerprint density at radius 3 is 2.67 bits per heavy atom. The Morgan fingerprint density at radius 2 is 1.92 bits per heavy atom. The summed E-state index contributed by atoms with van der Waals surface area (Å²) in [5.41, 5.74) is 2.62. The van der Waals surface area contributed by atoms with Gasteiger partial charge in [-0.3, -0.25) is 4.79 Å². The van der Waals surface area contributed by atoms with Crippen molar-refractivity contribution in [3.8, 4) is 5.75 Å². The lowest BCUT2D eigenvalue weighted by Crippen LogP contribution is -2.31. The first kappa shape index (κ1) is 16.1. The molecule has 2 aromatic carbocycles. The van der Waals surface area contributed by atoms with E-state index in [-0.39, 0.29) is 18.6 Å². The van der Waals surface area contributed by atoms with Gasteiger partial charge in [0.1, 0.15) is 5.75 Å². The predicted molar refractivity (Wildman–Crippen MR) is 89.2 cm³/mol. The van der Waals surface area contributed by atoms with Crippen LogP contribution in [-0.2, 0) is 11.2 Å². The molecule has 3 rings (SSSR count). The molecule has 124 valence electrons. The number of ether oxygens (including phenoxy) is 1. The Morgan fingerprint density at radius 1 is 1.12 bits per heavy atom. The van der Waals surface area contributed by atoms with Crippen LogP contribution in [0.4, 0.5) is 0 Å². The molecule has 1 aliphatic carbocycles. The van der Waals surface area contributed by atoms with E-state index in [1.54, 1.807) is 18.2 Å². The van der Waals surface area contributed by atoms with Crippen LogP contribution in [0.3, 0.4) is 0 Å². The van der Waals surface area contributed by atoms with Gasteiger partial charge in [0.2, 0.25) is 0 Å². The molecule has 24 heavy (non-hydrogen) atoms. The second-order valence-corrected chi connectivity index (χ2v) is 5.79. The van der Waals surface area contributed by atoms with Crippen molar-refractivity contribution in [2.24, 2.45) is 0 Å². The van der Waals surface area contributed by atoms with Gasteiger partial charge in [0.25, 0.3) is 5.91 Å². The maximum atomic E-state index is 12.4. The number of fused-ring (bicyclic) bond motifs is 1. The molecule has 0 saturated carbocycles. The molecule has 1 unspecified atom stereocenters. The quantitative estimate of drug-likeness (QED) is 0.886. The van der Waals surface area contributed by atoms with Crippen LogP contribution >= 0.6 is 0 Å². The molecule has 1 atom stereocenters. The van der Waals surface area contributed by atoms with Crippen molar-refractivity contribution in [1.82, 2.24) is 5.32 Å². The lowest BCUT2D eigenvalue weighted by Gasteiger charge is -2.28. The van der Waals surface area contributed by atoms with Crippen molar-refractivity contribution in [3.63, 3.8) is 0 Å². The van der Waals surface area contributed by atoms with Crippen LogP contribution in [0.25, 0.3) is 0 Å². The third kappa shape index (κ3) is 3.56. The Kier molecular flexibility index (Phi) is 4.79. The molecule has 2 aromatic rings. The Bertz CT molecular complexity index is 742. The van der Waals surface area contributed by atoms with Crippen LogP contribution in [-0.4, -0.2) is 23.6 Å². The van der Waals surface area contributed by atoms with Crippen LogP contribution in [0.5, 0.6) is 5.75 Å². The molecular formula is C19H19NO4. The van der Waals surface area contributed by atoms with Crippen LogP contribution < -0.4 is 10.1 Å². The first-order valence-corrected chi connectivity index (χ1v) is 7.97. The first-order valence-electron chi connectivity index (χ1n) is 7.97. The fraction of sp³-hybridized carbons (Fsp3) is 0.263. The molecule has 2 N–H and O–H groups in total. The summed E-state index contributed by atoms with van der Waals surface area (Å²) in [6.07, 6.45) is 2.59. The molecule has 0 saturated heterocycles. The number of carboxylic acids is 1. The van der Waals surface area contributed by atoms with Gasteiger partial charge in [-0.05, 0) is 48.6 Å². The standard InChI is InChI=1S/C19H19NO4/c21-18(22)12-24-17-11-5-8-14-15(17)9-4-10-16(14)20-19(23)13-6-2-1-3-7-13/h1-3,5-8,11,16H,4,9-10,12H2,(H,20,23)(H,21,22). The Hall–Kier alpha value is -2.82. The van der Waals surface area contributed by atoms with E-state index in [0.29, 0.717) is 11.3 Å². The molecule has 0 spiro atoms. The highest BCUT2D eigenvalue weighted by molar-refractivity contribution is 5.94. The second kappa shape index (κ2) is 7.17. The van der Waals surface area contributed by atoms with Gasteiger partial charge in [-0.15, -0.1) is 0 Å². The fourth-order valence-electron chi connectivity index (χ4n) is 3.07. The SMILES string of the molecule is O=C(O)COc1cccc2c1CCCC2NC(=O)c1ccccc1. The molecular weight excluding hydrogens is 306 g/mol. The molecule has 0 aromatic heterocycles. The summed E-state index contributed by atoms with van der Waals surface area (Å²) in [7, 11) is 0. The number of carbonyl (C=O) groups excluding carboxylic acids is 1. The third-order valence-electron chi connectivity index (χ3n) is 4.16. The van der Waals surface area contributed by atoms with Crippen molar-refractivity contribution >= 4 is 11.9 Å². The summed E-state index contributed by atoms with van der Waals surface area (Å²) >= 11 is 0. The molecule has 1 amide bonds. The molecule has 5 heteroatoms. The number of carbonyl (C=O) groups is 2. The normalized spacial score (nSPS) is 16.1. The van der Waals surface area contributed by atoms with Gasteiger partial charge < -0.3 is 15.2 Å². The highest BCUT2D eigenvalue weighted by Crippen LogP contribution is 2.35. The summed E-state index contributed by atoms with van der Waals surface area (Å²) in [6.45, 7) is -0.364. The van der Waals surface area contributed by atoms with Gasteiger partial charge >= 0.3 is 5.97 Å². The maximum Gasteiger partial charge on any atom is 0.341 e. The first-order chi connectivity index (χ1) is 11.6. The molecule has 0 radical (unpaired) electrons. The minimum Gasteiger partial charge on any atom is -0.482 e. The number of rotatable bonds is 5. The minimum atomic E-state index is -1.00. The van der Waals surface area contributed by atoms with Gasteiger partial charge in [0, 0.05) is 5.56 Å². The van der Waals surface area contributed by atoms with Gasteiger partial charge in [0.15, 0.2) is 6.61 Å². The monoisotopic (exact) mass is 325 g/mol. The average molecular weight is 325 g/mol. The smallest absolute Gasteiger partial charge is 0.341 e. The zero-order chi connectivity index (χ0) is 16.9. The Labute approximate surface area is 140 Å². The molecule has 0 bridgehead atoms. The van der Waals surface area contributed by atoms with Crippen molar-refractivity contribution in [1.29, 1.82) is 0 Å². The Balaban J connectivity index is 1.80. The van der Waals surface area contributed by atoms with Crippen LogP contribution in [0, 0.1) is 0 Å². The van der Waals surface area contributed by atoms with E-state index in [0.717, 1.165) is 30.4 Å². The number of hydrogen-bond donors (Lipinski definition) is 2. The van der Waals surface area contributed by atoms with E-state index < -0.39 is 5.97 Å². The third-order valence-corrected chi connectivity index (χ3v) is 4.16. The van der Waals surface area contributed by atoms with Crippen molar-refractivity contribution in [3.05, 3.63) is 65.2 Å². The van der Waals surface area contributed by atoms with Crippen molar-refractivity contribution in [2.45, 2.75) is 25.3 Å². The number of aliphatic carboxylic acids is 1. The topological polar surface area (TPSA) is 75.6 Å². The van der Waals surface area contributed by atoms with Gasteiger partial charge in [0.05, 0.1) is 6.04 Å². The molecule has 0 aliphatic heterocycles. The highest BCUT2D eigenvalue weighted by Gasteiger charge is 2.24. The average Bonchev–Trinajstić information content (AvgIpc) is 2.61. The van der Waals surface area contributed by atoms with E-state index in [4.69, 9.17) is 9.84 Å². The van der Waals surface area contributed by atoms with E-state index in [2.05, 4.69) is 5.32 Å². The highest BCUT2D eigenvalue weighted by atomic mass is 16.5.